The number of likely N-dealkylation sites (tertiary alicyclic amines) is 1. The Kier molecular flexibility index (Phi) is 4.32. The van der Waals surface area contributed by atoms with Gasteiger partial charge in [-0.3, -0.25) is 4.79 Å². The van der Waals surface area contributed by atoms with E-state index >= 15 is 0 Å². The smallest absolute Gasteiger partial charge is 0.253 e. The number of benzene rings is 1. The van der Waals surface area contributed by atoms with Gasteiger partial charge in [0.05, 0.1) is 12.2 Å². The van der Waals surface area contributed by atoms with Gasteiger partial charge in [0.1, 0.15) is 0 Å². The van der Waals surface area contributed by atoms with Crippen molar-refractivity contribution in [3.8, 4) is 11.6 Å². The summed E-state index contributed by atoms with van der Waals surface area (Å²) in [6, 6.07) is 9.38. The molecule has 0 spiro atoms. The zero-order valence-electron chi connectivity index (χ0n) is 15.4. The summed E-state index contributed by atoms with van der Waals surface area (Å²) in [5.41, 5.74) is 1.78. The van der Waals surface area contributed by atoms with E-state index in [1.165, 1.54) is 0 Å². The molecule has 0 atom stereocenters. The van der Waals surface area contributed by atoms with Gasteiger partial charge in [0.2, 0.25) is 17.5 Å². The average molecular weight is 387 g/mol. The number of nitrogens with zero attached hydrogens (tertiary/aromatic N) is 7. The van der Waals surface area contributed by atoms with Crippen LogP contribution >= 0.6 is 0 Å². The molecule has 0 saturated carbocycles. The standard InChI is InChI=1S/C20H17N7O2/c28-20(15-4-2-14(3-5-15)10-26-9-8-21-13-26)27-11-16(12-27)19-24-18(25-29-19)17-22-6-1-7-23-17/h1-9,13,16H,10-12H2. The molecule has 5 rings (SSSR count). The van der Waals surface area contributed by atoms with Crippen molar-refractivity contribution in [2.24, 2.45) is 0 Å². The summed E-state index contributed by atoms with van der Waals surface area (Å²) >= 11 is 0. The Morgan fingerprint density at radius 2 is 1.86 bits per heavy atom. The number of hydrogen-bond donors (Lipinski definition) is 0. The molecule has 0 bridgehead atoms. The second-order valence-electron chi connectivity index (χ2n) is 6.87. The van der Waals surface area contributed by atoms with Crippen LogP contribution in [0, 0.1) is 0 Å². The van der Waals surface area contributed by atoms with E-state index in [1.807, 2.05) is 35.0 Å². The van der Waals surface area contributed by atoms with Crippen molar-refractivity contribution in [3.63, 3.8) is 0 Å². The minimum Gasteiger partial charge on any atom is -0.338 e. The lowest BCUT2D eigenvalue weighted by molar-refractivity contribution is 0.0569. The van der Waals surface area contributed by atoms with Gasteiger partial charge in [0.25, 0.3) is 5.91 Å². The van der Waals surface area contributed by atoms with Crippen LogP contribution in [-0.4, -0.2) is 53.6 Å². The monoisotopic (exact) mass is 387 g/mol. The normalized spacial score (nSPS) is 14.0. The van der Waals surface area contributed by atoms with Gasteiger partial charge in [0, 0.05) is 50.0 Å². The molecule has 0 N–H and O–H groups in total. The molecular formula is C20H17N7O2. The summed E-state index contributed by atoms with van der Waals surface area (Å²) in [4.78, 5) is 31.1. The van der Waals surface area contributed by atoms with Crippen LogP contribution in [0.15, 0.2) is 66.0 Å². The van der Waals surface area contributed by atoms with Gasteiger partial charge in [0.15, 0.2) is 0 Å². The summed E-state index contributed by atoms with van der Waals surface area (Å²) in [5.74, 6) is 1.32. The lowest BCUT2D eigenvalue weighted by Crippen LogP contribution is -2.48. The van der Waals surface area contributed by atoms with E-state index in [0.717, 1.165) is 12.1 Å². The zero-order chi connectivity index (χ0) is 19.6. The number of carbonyl (C=O) groups excluding carboxylic acids is 1. The topological polar surface area (TPSA) is 103 Å². The highest BCUT2D eigenvalue weighted by Crippen LogP contribution is 2.28. The minimum absolute atomic E-state index is 0.00145. The van der Waals surface area contributed by atoms with Crippen molar-refractivity contribution >= 4 is 5.91 Å². The predicted molar refractivity (Wildman–Crippen MR) is 102 cm³/mol. The Bertz CT molecular complexity index is 1100. The van der Waals surface area contributed by atoms with Crippen LogP contribution in [0.3, 0.4) is 0 Å². The van der Waals surface area contributed by atoms with Gasteiger partial charge in [-0.2, -0.15) is 4.98 Å². The lowest BCUT2D eigenvalue weighted by atomic mass is 9.98. The second kappa shape index (κ2) is 7.27. The third kappa shape index (κ3) is 3.49. The van der Waals surface area contributed by atoms with Crippen molar-refractivity contribution < 1.29 is 9.32 Å². The first-order valence-corrected chi connectivity index (χ1v) is 9.21. The maximum Gasteiger partial charge on any atom is 0.253 e. The first-order chi connectivity index (χ1) is 14.3. The fourth-order valence-corrected chi connectivity index (χ4v) is 3.23. The highest BCUT2D eigenvalue weighted by molar-refractivity contribution is 5.94. The Balaban J connectivity index is 1.20. The highest BCUT2D eigenvalue weighted by Gasteiger charge is 2.36. The van der Waals surface area contributed by atoms with E-state index in [2.05, 4.69) is 25.1 Å². The van der Waals surface area contributed by atoms with E-state index in [4.69, 9.17) is 4.52 Å². The number of hydrogen-bond acceptors (Lipinski definition) is 7. The molecule has 4 aromatic rings. The number of rotatable bonds is 5. The van der Waals surface area contributed by atoms with Gasteiger partial charge < -0.3 is 14.0 Å². The van der Waals surface area contributed by atoms with Crippen LogP contribution in [0.5, 0.6) is 0 Å². The number of aromatic nitrogens is 6. The first-order valence-electron chi connectivity index (χ1n) is 9.21. The van der Waals surface area contributed by atoms with Crippen LogP contribution in [0.4, 0.5) is 0 Å². The van der Waals surface area contributed by atoms with Gasteiger partial charge in [-0.1, -0.05) is 17.3 Å². The first kappa shape index (κ1) is 17.2. The third-order valence-electron chi connectivity index (χ3n) is 4.85. The molecule has 144 valence electrons. The minimum atomic E-state index is 0.00145. The van der Waals surface area contributed by atoms with E-state index < -0.39 is 0 Å². The molecule has 0 unspecified atom stereocenters. The summed E-state index contributed by atoms with van der Waals surface area (Å²) in [6.45, 7) is 1.82. The number of amides is 1. The Morgan fingerprint density at radius 3 is 2.59 bits per heavy atom. The SMILES string of the molecule is O=C(c1ccc(Cn2ccnc2)cc1)N1CC(c2nc(-c3ncccn3)no2)C1. The van der Waals surface area contributed by atoms with Gasteiger partial charge in [-0.15, -0.1) is 0 Å². The molecule has 9 nitrogen and oxygen atoms in total. The van der Waals surface area contributed by atoms with Crippen molar-refractivity contribution in [2.45, 2.75) is 12.5 Å². The van der Waals surface area contributed by atoms with Crippen LogP contribution in [0.1, 0.15) is 27.7 Å². The highest BCUT2D eigenvalue weighted by atomic mass is 16.5. The van der Waals surface area contributed by atoms with Crippen molar-refractivity contribution in [1.29, 1.82) is 0 Å². The summed E-state index contributed by atoms with van der Waals surface area (Å²) in [7, 11) is 0. The summed E-state index contributed by atoms with van der Waals surface area (Å²) in [5, 5.41) is 3.94. The average Bonchev–Trinajstić information content (AvgIpc) is 3.40. The maximum absolute atomic E-state index is 12.7. The van der Waals surface area contributed by atoms with Crippen molar-refractivity contribution in [1.82, 2.24) is 34.6 Å². The number of carbonyl (C=O) groups is 1. The van der Waals surface area contributed by atoms with Gasteiger partial charge in [-0.25, -0.2) is 15.0 Å². The van der Waals surface area contributed by atoms with Crippen molar-refractivity contribution in [2.75, 3.05) is 13.1 Å². The fraction of sp³-hybridized carbons (Fsp3) is 0.200. The van der Waals surface area contributed by atoms with E-state index in [0.29, 0.717) is 36.2 Å². The molecule has 0 radical (unpaired) electrons. The molecule has 1 saturated heterocycles. The van der Waals surface area contributed by atoms with Crippen LogP contribution in [0.2, 0.25) is 0 Å². The van der Waals surface area contributed by atoms with E-state index in [1.54, 1.807) is 35.9 Å². The number of imidazole rings is 1. The Morgan fingerprint density at radius 1 is 1.07 bits per heavy atom. The molecule has 29 heavy (non-hydrogen) atoms. The molecule has 1 aliphatic rings. The quantitative estimate of drug-likeness (QED) is 0.516. The van der Waals surface area contributed by atoms with Gasteiger partial charge >= 0.3 is 0 Å². The van der Waals surface area contributed by atoms with Crippen LogP contribution in [-0.2, 0) is 6.54 Å². The molecule has 1 aliphatic heterocycles. The molecule has 9 heteroatoms. The summed E-state index contributed by atoms with van der Waals surface area (Å²) < 4.78 is 7.32. The lowest BCUT2D eigenvalue weighted by Gasteiger charge is -2.37. The van der Waals surface area contributed by atoms with Crippen LogP contribution in [0.25, 0.3) is 11.6 Å². The van der Waals surface area contributed by atoms with E-state index in [-0.39, 0.29) is 11.8 Å². The molecule has 4 heterocycles. The van der Waals surface area contributed by atoms with Gasteiger partial charge in [-0.05, 0) is 23.8 Å². The zero-order valence-corrected chi connectivity index (χ0v) is 15.4. The summed E-state index contributed by atoms with van der Waals surface area (Å²) in [6.07, 6.45) is 8.68. The molecule has 1 amide bonds. The molecule has 0 aliphatic carbocycles. The molecule has 3 aromatic heterocycles. The Hall–Kier alpha value is -3.88. The fourth-order valence-electron chi connectivity index (χ4n) is 3.23. The second-order valence-corrected chi connectivity index (χ2v) is 6.87. The Labute approximate surface area is 166 Å². The predicted octanol–water partition coefficient (Wildman–Crippen LogP) is 2.01. The van der Waals surface area contributed by atoms with E-state index in [9.17, 15) is 4.79 Å². The van der Waals surface area contributed by atoms with Crippen LogP contribution < -0.4 is 0 Å². The molecule has 1 fully saturated rings. The third-order valence-corrected chi connectivity index (χ3v) is 4.85. The molecular weight excluding hydrogens is 370 g/mol. The molecule has 1 aromatic carbocycles. The van der Waals surface area contributed by atoms with Crippen molar-refractivity contribution in [3.05, 3.63) is 78.5 Å². The maximum atomic E-state index is 12.7. The largest absolute Gasteiger partial charge is 0.338 e.